The molecule has 0 saturated carbocycles. The largest absolute Gasteiger partial charge is 0.348 e. The van der Waals surface area contributed by atoms with Crippen LogP contribution in [0.15, 0.2) is 35.1 Å². The monoisotopic (exact) mass is 392 g/mol. The van der Waals surface area contributed by atoms with E-state index < -0.39 is 28.8 Å². The van der Waals surface area contributed by atoms with E-state index in [1.165, 1.54) is 12.1 Å². The highest BCUT2D eigenvalue weighted by molar-refractivity contribution is 5.92. The number of hydrogen-bond acceptors (Lipinski definition) is 4. The number of carbonyl (C=O) groups excluding carboxylic acids is 1. The van der Waals surface area contributed by atoms with Gasteiger partial charge in [-0.15, -0.1) is 0 Å². The molecule has 1 atom stereocenters. The van der Waals surface area contributed by atoms with E-state index in [4.69, 9.17) is 0 Å². The van der Waals surface area contributed by atoms with Gasteiger partial charge in [0.1, 0.15) is 5.69 Å². The molecule has 1 heterocycles. The SMILES string of the molecule is CN(C)c1nc(C(=O)N[C@@H](c2ccc(C(C)(F)F)cc2)C(C)(C)C)cc(=O)[nH]1. The third kappa shape index (κ3) is 5.15. The van der Waals surface area contributed by atoms with Crippen molar-refractivity contribution in [2.24, 2.45) is 5.41 Å². The highest BCUT2D eigenvalue weighted by Crippen LogP contribution is 2.35. The Morgan fingerprint density at radius 2 is 1.71 bits per heavy atom. The van der Waals surface area contributed by atoms with Crippen molar-refractivity contribution in [3.63, 3.8) is 0 Å². The van der Waals surface area contributed by atoms with Crippen LogP contribution in [0.25, 0.3) is 0 Å². The molecule has 6 nitrogen and oxygen atoms in total. The molecular weight excluding hydrogens is 366 g/mol. The Kier molecular flexibility index (Phi) is 5.91. The van der Waals surface area contributed by atoms with E-state index >= 15 is 0 Å². The maximum atomic E-state index is 13.5. The number of halogens is 2. The van der Waals surface area contributed by atoms with Gasteiger partial charge in [-0.25, -0.2) is 13.8 Å². The average molecular weight is 392 g/mol. The van der Waals surface area contributed by atoms with E-state index in [0.717, 1.165) is 13.0 Å². The summed E-state index contributed by atoms with van der Waals surface area (Å²) in [5.41, 5.74) is -0.268. The van der Waals surface area contributed by atoms with Crippen LogP contribution in [0.2, 0.25) is 0 Å². The van der Waals surface area contributed by atoms with Crippen molar-refractivity contribution in [1.29, 1.82) is 0 Å². The van der Waals surface area contributed by atoms with E-state index in [9.17, 15) is 18.4 Å². The van der Waals surface area contributed by atoms with Crippen molar-refractivity contribution in [3.05, 3.63) is 57.5 Å². The first-order valence-electron chi connectivity index (χ1n) is 8.87. The lowest BCUT2D eigenvalue weighted by Crippen LogP contribution is -2.37. The summed E-state index contributed by atoms with van der Waals surface area (Å²) in [6, 6.07) is 6.54. The minimum atomic E-state index is -2.93. The van der Waals surface area contributed by atoms with Crippen LogP contribution in [0.5, 0.6) is 0 Å². The molecule has 2 N–H and O–H groups in total. The van der Waals surface area contributed by atoms with Crippen LogP contribution in [-0.2, 0) is 5.92 Å². The molecule has 0 saturated heterocycles. The van der Waals surface area contributed by atoms with Crippen molar-refractivity contribution >= 4 is 11.9 Å². The van der Waals surface area contributed by atoms with E-state index in [2.05, 4.69) is 15.3 Å². The first-order chi connectivity index (χ1) is 12.8. The molecule has 0 aliphatic heterocycles. The molecule has 152 valence electrons. The van der Waals surface area contributed by atoms with Gasteiger partial charge in [0.25, 0.3) is 17.4 Å². The molecule has 0 aliphatic carbocycles. The van der Waals surface area contributed by atoms with Crippen LogP contribution in [0.1, 0.15) is 55.4 Å². The molecule has 1 aromatic heterocycles. The van der Waals surface area contributed by atoms with Gasteiger partial charge in [-0.05, 0) is 11.0 Å². The first-order valence-corrected chi connectivity index (χ1v) is 8.87. The fourth-order valence-electron chi connectivity index (χ4n) is 2.75. The number of benzene rings is 1. The van der Waals surface area contributed by atoms with E-state index in [0.29, 0.717) is 5.56 Å². The van der Waals surface area contributed by atoms with Gasteiger partial charge < -0.3 is 10.2 Å². The predicted octanol–water partition coefficient (Wildman–Crippen LogP) is 3.46. The molecule has 2 aromatic rings. The van der Waals surface area contributed by atoms with Crippen molar-refractivity contribution in [2.75, 3.05) is 19.0 Å². The minimum absolute atomic E-state index is 0.0154. The molecular formula is C20H26F2N4O2. The van der Waals surface area contributed by atoms with Crippen molar-refractivity contribution in [3.8, 4) is 0 Å². The zero-order valence-corrected chi connectivity index (χ0v) is 16.9. The number of carbonyl (C=O) groups is 1. The Morgan fingerprint density at radius 1 is 1.14 bits per heavy atom. The standard InChI is InChI=1S/C20H26F2N4O2/c1-19(2,3)16(12-7-9-13(10-8-12)20(4,21)22)25-17(28)14-11-15(27)24-18(23-14)26(5)6/h7-11,16H,1-6H3,(H,25,28)(H,23,24,27)/t16-/m0/s1. The quantitative estimate of drug-likeness (QED) is 0.817. The predicted molar refractivity (Wildman–Crippen MR) is 105 cm³/mol. The maximum absolute atomic E-state index is 13.5. The number of H-pyrrole nitrogens is 1. The molecule has 1 aromatic carbocycles. The van der Waals surface area contributed by atoms with Crippen LogP contribution < -0.4 is 15.8 Å². The van der Waals surface area contributed by atoms with Gasteiger partial charge in [0, 0.05) is 32.6 Å². The average Bonchev–Trinajstić information content (AvgIpc) is 2.57. The number of nitrogens with one attached hydrogen (secondary N) is 2. The number of anilines is 1. The van der Waals surface area contributed by atoms with Gasteiger partial charge in [-0.1, -0.05) is 45.0 Å². The summed E-state index contributed by atoms with van der Waals surface area (Å²) in [6.45, 7) is 6.62. The second kappa shape index (κ2) is 7.69. The molecule has 0 radical (unpaired) electrons. The number of hydrogen-bond donors (Lipinski definition) is 2. The third-order valence-electron chi connectivity index (χ3n) is 4.28. The van der Waals surface area contributed by atoms with Crippen LogP contribution in [0.4, 0.5) is 14.7 Å². The van der Waals surface area contributed by atoms with Crippen molar-refractivity contribution in [1.82, 2.24) is 15.3 Å². The van der Waals surface area contributed by atoms with Gasteiger partial charge in [0.2, 0.25) is 5.95 Å². The number of aromatic amines is 1. The van der Waals surface area contributed by atoms with Crippen LogP contribution in [0.3, 0.4) is 0 Å². The Hall–Kier alpha value is -2.77. The Morgan fingerprint density at radius 3 is 2.18 bits per heavy atom. The van der Waals surface area contributed by atoms with Crippen LogP contribution in [0, 0.1) is 5.41 Å². The molecule has 1 amide bonds. The lowest BCUT2D eigenvalue weighted by Gasteiger charge is -2.32. The van der Waals surface area contributed by atoms with Crippen LogP contribution in [-0.4, -0.2) is 30.0 Å². The zero-order chi connectivity index (χ0) is 21.3. The minimum Gasteiger partial charge on any atom is -0.348 e. The lowest BCUT2D eigenvalue weighted by molar-refractivity contribution is 0.0174. The molecule has 0 spiro atoms. The maximum Gasteiger partial charge on any atom is 0.270 e. The summed E-state index contributed by atoms with van der Waals surface area (Å²) in [5.74, 6) is -3.19. The summed E-state index contributed by atoms with van der Waals surface area (Å²) >= 11 is 0. The fourth-order valence-corrected chi connectivity index (χ4v) is 2.75. The number of amides is 1. The Balaban J connectivity index is 2.36. The molecule has 28 heavy (non-hydrogen) atoms. The van der Waals surface area contributed by atoms with Crippen LogP contribution >= 0.6 is 0 Å². The van der Waals surface area contributed by atoms with Crippen molar-refractivity contribution in [2.45, 2.75) is 39.7 Å². The van der Waals surface area contributed by atoms with Crippen molar-refractivity contribution < 1.29 is 13.6 Å². The van der Waals surface area contributed by atoms with Gasteiger partial charge in [0.15, 0.2) is 0 Å². The van der Waals surface area contributed by atoms with Gasteiger partial charge in [0.05, 0.1) is 6.04 Å². The molecule has 8 heteroatoms. The molecule has 0 bridgehead atoms. The van der Waals surface area contributed by atoms with E-state index in [-0.39, 0.29) is 17.2 Å². The van der Waals surface area contributed by atoms with Gasteiger partial charge in [-0.3, -0.25) is 14.6 Å². The van der Waals surface area contributed by atoms with Gasteiger partial charge in [-0.2, -0.15) is 0 Å². The second-order valence-corrected chi connectivity index (χ2v) is 8.13. The number of nitrogens with zero attached hydrogens (tertiary/aromatic N) is 2. The molecule has 0 unspecified atom stereocenters. The number of aromatic nitrogens is 2. The number of rotatable bonds is 5. The lowest BCUT2D eigenvalue weighted by atomic mass is 9.82. The summed E-state index contributed by atoms with van der Waals surface area (Å²) in [5, 5.41) is 2.88. The third-order valence-corrected chi connectivity index (χ3v) is 4.28. The zero-order valence-electron chi connectivity index (χ0n) is 16.9. The van der Waals surface area contributed by atoms with Gasteiger partial charge >= 0.3 is 0 Å². The highest BCUT2D eigenvalue weighted by Gasteiger charge is 2.30. The molecule has 0 fully saturated rings. The smallest absolute Gasteiger partial charge is 0.270 e. The first kappa shape index (κ1) is 21.5. The Bertz CT molecular complexity index is 894. The normalized spacial score (nSPS) is 13.1. The topological polar surface area (TPSA) is 78.1 Å². The highest BCUT2D eigenvalue weighted by atomic mass is 19.3. The van der Waals surface area contributed by atoms with E-state index in [1.807, 2.05) is 20.8 Å². The summed E-state index contributed by atoms with van der Waals surface area (Å²) in [7, 11) is 3.39. The van der Waals surface area contributed by atoms with E-state index in [1.54, 1.807) is 31.1 Å². The summed E-state index contributed by atoms with van der Waals surface area (Å²) in [4.78, 5) is 32.9. The second-order valence-electron chi connectivity index (χ2n) is 8.13. The Labute approximate surface area is 163 Å². The molecule has 2 rings (SSSR count). The number of alkyl halides is 2. The summed E-state index contributed by atoms with van der Waals surface area (Å²) in [6.07, 6.45) is 0. The fraction of sp³-hybridized carbons (Fsp3) is 0.450. The molecule has 0 aliphatic rings. The summed E-state index contributed by atoms with van der Waals surface area (Å²) < 4.78 is 27.0.